The summed E-state index contributed by atoms with van der Waals surface area (Å²) in [6.07, 6.45) is 1.74. The van der Waals surface area contributed by atoms with Crippen LogP contribution in [-0.4, -0.2) is 32.2 Å². The monoisotopic (exact) mass is 434 g/mol. The molecule has 9 nitrogen and oxygen atoms in total. The Morgan fingerprint density at radius 3 is 2.72 bits per heavy atom. The van der Waals surface area contributed by atoms with E-state index in [1.165, 1.54) is 19.2 Å². The number of H-pyrrole nitrogens is 1. The van der Waals surface area contributed by atoms with E-state index in [4.69, 9.17) is 27.5 Å². The molecule has 0 amide bonds. The van der Waals surface area contributed by atoms with Gasteiger partial charge in [0, 0.05) is 33.4 Å². The first-order valence-electron chi connectivity index (χ1n) is 8.33. The van der Waals surface area contributed by atoms with E-state index in [1.807, 2.05) is 0 Å². The quantitative estimate of drug-likeness (QED) is 0.230. The van der Waals surface area contributed by atoms with Crippen LogP contribution in [0.3, 0.4) is 0 Å². The molecule has 0 saturated carbocycles. The lowest BCUT2D eigenvalue weighted by Gasteiger charge is -2.12. The number of rotatable bonds is 6. The zero-order valence-electron chi connectivity index (χ0n) is 15.6. The molecule has 0 saturated heterocycles. The van der Waals surface area contributed by atoms with Crippen LogP contribution >= 0.6 is 11.6 Å². The van der Waals surface area contributed by atoms with E-state index in [2.05, 4.69) is 20.2 Å². The minimum Gasteiger partial charge on any atom is -0.495 e. The average molecular weight is 435 g/mol. The molecule has 0 aliphatic carbocycles. The molecule has 2 aromatic carbocycles. The van der Waals surface area contributed by atoms with E-state index in [0.29, 0.717) is 11.4 Å². The molecule has 1 aromatic heterocycles. The van der Waals surface area contributed by atoms with Crippen molar-refractivity contribution in [2.24, 2.45) is 10.8 Å². The maximum atomic E-state index is 12.9. The molecule has 0 bridgehead atoms. The Kier molecular flexibility index (Phi) is 5.66. The molecule has 11 heteroatoms. The zero-order valence-corrected chi connectivity index (χ0v) is 17.1. The summed E-state index contributed by atoms with van der Waals surface area (Å²) in [6.45, 7) is 1.74. The van der Waals surface area contributed by atoms with Crippen molar-refractivity contribution in [3.8, 4) is 5.75 Å². The van der Waals surface area contributed by atoms with E-state index in [-0.39, 0.29) is 21.6 Å². The van der Waals surface area contributed by atoms with Gasteiger partial charge in [-0.2, -0.15) is 5.10 Å². The molecule has 29 heavy (non-hydrogen) atoms. The summed E-state index contributed by atoms with van der Waals surface area (Å²) in [5.74, 6) is -0.100. The molecule has 152 valence electrons. The Bertz CT molecular complexity index is 1220. The molecular weight excluding hydrogens is 416 g/mol. The number of aromatic amines is 1. The molecule has 0 radical (unpaired) electrons. The van der Waals surface area contributed by atoms with Crippen LogP contribution in [0.25, 0.3) is 10.9 Å². The Labute approximate surface area is 172 Å². The minimum atomic E-state index is -3.94. The van der Waals surface area contributed by atoms with E-state index in [9.17, 15) is 8.42 Å². The lowest BCUT2D eigenvalue weighted by atomic mass is 10.1. The maximum absolute atomic E-state index is 12.9. The van der Waals surface area contributed by atoms with Gasteiger partial charge < -0.3 is 15.5 Å². The number of hydrogen-bond donors (Lipinski definition) is 5. The summed E-state index contributed by atoms with van der Waals surface area (Å²) in [7, 11) is -2.56. The Hall–Kier alpha value is -3.24. The fourth-order valence-corrected chi connectivity index (χ4v) is 4.24. The molecule has 3 rings (SSSR count). The summed E-state index contributed by atoms with van der Waals surface area (Å²) in [5.41, 5.74) is 10.1. The first kappa shape index (κ1) is 20.5. The number of nitrogens with zero attached hydrogens (tertiary/aromatic N) is 1. The van der Waals surface area contributed by atoms with E-state index in [0.717, 1.165) is 16.5 Å². The van der Waals surface area contributed by atoms with Crippen LogP contribution in [0.1, 0.15) is 12.5 Å². The second kappa shape index (κ2) is 8.02. The summed E-state index contributed by atoms with van der Waals surface area (Å²) >= 11 is 5.96. The standard InChI is InChI=1S/C18H19ClN6O3S/c1-10(23-24-18(20)21)14-9-22-15-5-4-12(8-13(14)15)25-29(26,27)17-7-11(19)3-6-16(17)28-2/h3-9,22,25H,1-2H3,(H4,20,21,24)/b23-10-. The van der Waals surface area contributed by atoms with Crippen molar-refractivity contribution in [3.05, 3.63) is 53.2 Å². The third-order valence-corrected chi connectivity index (χ3v) is 5.72. The topological polar surface area (TPSA) is 145 Å². The van der Waals surface area contributed by atoms with Gasteiger partial charge >= 0.3 is 0 Å². The van der Waals surface area contributed by atoms with Crippen molar-refractivity contribution in [3.63, 3.8) is 0 Å². The fraction of sp³-hybridized carbons (Fsp3) is 0.111. The van der Waals surface area contributed by atoms with Gasteiger partial charge in [-0.15, -0.1) is 0 Å². The summed E-state index contributed by atoms with van der Waals surface area (Å²) in [4.78, 5) is 3.03. The van der Waals surface area contributed by atoms with Crippen LogP contribution < -0.4 is 20.6 Å². The van der Waals surface area contributed by atoms with E-state index >= 15 is 0 Å². The number of hydrazone groups is 1. The van der Waals surface area contributed by atoms with Crippen molar-refractivity contribution in [2.45, 2.75) is 11.8 Å². The number of methoxy groups -OCH3 is 1. The first-order valence-corrected chi connectivity index (χ1v) is 10.2. The molecule has 0 aliphatic heterocycles. The molecule has 0 fully saturated rings. The minimum absolute atomic E-state index is 0.0645. The lowest BCUT2D eigenvalue weighted by molar-refractivity contribution is 0.403. The number of nitrogens with one attached hydrogen (secondary N) is 4. The molecule has 1 heterocycles. The van der Waals surface area contributed by atoms with E-state index < -0.39 is 10.0 Å². The molecular formula is C18H19ClN6O3S. The predicted molar refractivity (Wildman–Crippen MR) is 114 cm³/mol. The first-order chi connectivity index (χ1) is 13.7. The van der Waals surface area contributed by atoms with Crippen molar-refractivity contribution in [2.75, 3.05) is 11.8 Å². The van der Waals surface area contributed by atoms with Crippen molar-refractivity contribution < 1.29 is 13.2 Å². The van der Waals surface area contributed by atoms with Crippen LogP contribution in [0.2, 0.25) is 5.02 Å². The highest BCUT2D eigenvalue weighted by Crippen LogP contribution is 2.30. The maximum Gasteiger partial charge on any atom is 0.265 e. The molecule has 6 N–H and O–H groups in total. The highest BCUT2D eigenvalue weighted by molar-refractivity contribution is 7.92. The highest BCUT2D eigenvalue weighted by atomic mass is 35.5. The van der Waals surface area contributed by atoms with Crippen LogP contribution in [0.5, 0.6) is 5.75 Å². The fourth-order valence-electron chi connectivity index (χ4n) is 2.76. The number of hydrogen-bond acceptors (Lipinski definition) is 5. The van der Waals surface area contributed by atoms with E-state index in [1.54, 1.807) is 37.4 Å². The molecule has 0 atom stereocenters. The second-order valence-corrected chi connectivity index (χ2v) is 8.17. The smallest absolute Gasteiger partial charge is 0.265 e. The van der Waals surface area contributed by atoms with Gasteiger partial charge in [-0.1, -0.05) is 11.6 Å². The normalized spacial score (nSPS) is 12.0. The summed E-state index contributed by atoms with van der Waals surface area (Å²) < 4.78 is 33.4. The SMILES string of the molecule is COc1ccc(Cl)cc1S(=O)(=O)Nc1ccc2[nH]cc(/C(C)=N\NC(=N)N)c2c1. The van der Waals surface area contributed by atoms with Gasteiger partial charge in [-0.05, 0) is 43.3 Å². The van der Waals surface area contributed by atoms with Gasteiger partial charge in [0.2, 0.25) is 5.96 Å². The number of benzene rings is 2. The number of aromatic nitrogens is 1. The Morgan fingerprint density at radius 1 is 1.28 bits per heavy atom. The largest absolute Gasteiger partial charge is 0.495 e. The van der Waals surface area contributed by atoms with Crippen molar-refractivity contribution in [1.29, 1.82) is 5.41 Å². The van der Waals surface area contributed by atoms with Crippen molar-refractivity contribution in [1.82, 2.24) is 10.4 Å². The van der Waals surface area contributed by atoms with Gasteiger partial charge in [0.05, 0.1) is 12.8 Å². The van der Waals surface area contributed by atoms with Crippen LogP contribution in [0, 0.1) is 5.41 Å². The summed E-state index contributed by atoms with van der Waals surface area (Å²) in [5, 5.41) is 12.2. The molecule has 0 spiro atoms. The second-order valence-electron chi connectivity index (χ2n) is 6.09. The molecule has 0 aliphatic rings. The Balaban J connectivity index is 1.99. The van der Waals surface area contributed by atoms with Crippen LogP contribution in [0.4, 0.5) is 5.69 Å². The number of halogens is 1. The average Bonchev–Trinajstić information content (AvgIpc) is 3.09. The Morgan fingerprint density at radius 2 is 2.03 bits per heavy atom. The number of anilines is 1. The molecule has 3 aromatic rings. The number of guanidine groups is 1. The molecule has 0 unspecified atom stereocenters. The van der Waals surface area contributed by atoms with Gasteiger partial charge in [0.15, 0.2) is 0 Å². The van der Waals surface area contributed by atoms with Crippen LogP contribution in [-0.2, 0) is 10.0 Å². The third-order valence-electron chi connectivity index (χ3n) is 4.08. The number of fused-ring (bicyclic) bond motifs is 1. The predicted octanol–water partition coefficient (Wildman–Crippen LogP) is 2.84. The van der Waals surface area contributed by atoms with Gasteiger partial charge in [-0.3, -0.25) is 10.1 Å². The number of nitrogens with two attached hydrogens (primary N) is 1. The van der Waals surface area contributed by atoms with Gasteiger partial charge in [-0.25, -0.2) is 13.8 Å². The van der Waals surface area contributed by atoms with Gasteiger partial charge in [0.1, 0.15) is 10.6 Å². The highest BCUT2D eigenvalue weighted by Gasteiger charge is 2.21. The zero-order chi connectivity index (χ0) is 21.2. The lowest BCUT2D eigenvalue weighted by Crippen LogP contribution is -2.26. The summed E-state index contributed by atoms with van der Waals surface area (Å²) in [6, 6.07) is 9.44. The number of ether oxygens (including phenoxy) is 1. The number of sulfonamides is 1. The third kappa shape index (κ3) is 4.44. The van der Waals surface area contributed by atoms with Crippen LogP contribution in [0.15, 0.2) is 52.6 Å². The van der Waals surface area contributed by atoms with Crippen molar-refractivity contribution >= 4 is 49.9 Å². The van der Waals surface area contributed by atoms with Gasteiger partial charge in [0.25, 0.3) is 10.0 Å².